The third-order valence-corrected chi connectivity index (χ3v) is 8.38. The molecule has 0 aromatic heterocycles. The first kappa shape index (κ1) is 33.1. The summed E-state index contributed by atoms with van der Waals surface area (Å²) in [5.74, 6) is 0. The van der Waals surface area contributed by atoms with Crippen LogP contribution in [0.4, 0.5) is 21.0 Å². The molecule has 1 aliphatic heterocycles. The van der Waals surface area contributed by atoms with Gasteiger partial charge in [0.05, 0.1) is 21.1 Å². The van der Waals surface area contributed by atoms with Crippen molar-refractivity contribution in [2.45, 2.75) is 50.2 Å². The van der Waals surface area contributed by atoms with E-state index in [0.717, 1.165) is 29.5 Å². The van der Waals surface area contributed by atoms with Gasteiger partial charge in [0.15, 0.2) is 5.12 Å². The van der Waals surface area contributed by atoms with E-state index in [1.807, 2.05) is 30.3 Å². The Kier molecular flexibility index (Phi) is 11.2. The van der Waals surface area contributed by atoms with Crippen LogP contribution in [0, 0.1) is 20.2 Å². The van der Waals surface area contributed by atoms with Crippen molar-refractivity contribution >= 4 is 40.4 Å². The van der Waals surface area contributed by atoms with Crippen LogP contribution >= 0.6 is 11.8 Å². The van der Waals surface area contributed by atoms with Crippen molar-refractivity contribution in [1.82, 2.24) is 10.2 Å². The summed E-state index contributed by atoms with van der Waals surface area (Å²) in [5, 5.41) is 25.2. The van der Waals surface area contributed by atoms with Gasteiger partial charge in [0.25, 0.3) is 11.4 Å². The molecule has 1 N–H and O–H groups in total. The van der Waals surface area contributed by atoms with Crippen molar-refractivity contribution in [3.63, 3.8) is 0 Å². The van der Waals surface area contributed by atoms with Gasteiger partial charge < -0.3 is 14.8 Å². The largest absolute Gasteiger partial charge is 0.444 e. The van der Waals surface area contributed by atoms with E-state index in [4.69, 9.17) is 9.47 Å². The predicted octanol–water partition coefficient (Wildman–Crippen LogP) is 5.79. The van der Waals surface area contributed by atoms with Gasteiger partial charge in [-0.3, -0.25) is 25.0 Å². The van der Waals surface area contributed by atoms with E-state index in [1.54, 1.807) is 0 Å². The Morgan fingerprint density at radius 3 is 1.82 bits per heavy atom. The molecule has 1 aliphatic rings. The van der Waals surface area contributed by atoms with Crippen LogP contribution in [-0.2, 0) is 33.9 Å². The van der Waals surface area contributed by atoms with E-state index in [9.17, 15) is 34.6 Å². The number of hydrogen-bond acceptors (Lipinski definition) is 11. The highest BCUT2D eigenvalue weighted by Crippen LogP contribution is 2.37. The number of rotatable bonds is 12. The standard InChI is InChI=1S/C31H32N4O9S/c1-22(36)45-31(17-26(32-20-31)12-7-23-5-3-2-4-6-23)21-33(29(37)43-18-24-8-13-27(14-9-24)34(39)40)30(38)44-19-25-10-15-28(16-11-25)35(41)42/h2-6,8-11,13-16,26,32H,7,12,17-21H2,1H3/t26-,31-/m0/s1. The van der Waals surface area contributed by atoms with Crippen LogP contribution in [0.1, 0.15) is 36.5 Å². The summed E-state index contributed by atoms with van der Waals surface area (Å²) in [6.07, 6.45) is 0.0414. The zero-order valence-electron chi connectivity index (χ0n) is 24.5. The maximum Gasteiger partial charge on any atom is 0.419 e. The Morgan fingerprint density at radius 2 is 1.36 bits per heavy atom. The first-order valence-electron chi connectivity index (χ1n) is 14.1. The molecule has 3 aromatic rings. The molecule has 0 spiro atoms. The molecule has 2 amide bonds. The number of amides is 2. The van der Waals surface area contributed by atoms with E-state index in [1.165, 1.54) is 61.0 Å². The first-order valence-corrected chi connectivity index (χ1v) is 14.9. The second kappa shape index (κ2) is 15.3. The highest BCUT2D eigenvalue weighted by Gasteiger charge is 2.45. The number of hydrogen-bond donors (Lipinski definition) is 1. The third-order valence-electron chi connectivity index (χ3n) is 7.22. The van der Waals surface area contributed by atoms with Crippen molar-refractivity contribution < 1.29 is 33.7 Å². The second-order valence-electron chi connectivity index (χ2n) is 10.6. The SMILES string of the molecule is CC(=O)S[C@]1(CN(C(=O)OCc2ccc([N+](=O)[O-])cc2)C(=O)OCc2ccc([N+](=O)[O-])cc2)CN[C@@H](CCc2ccccc2)C1. The summed E-state index contributed by atoms with van der Waals surface area (Å²) in [4.78, 5) is 60.8. The number of carbonyl (C=O) groups is 3. The van der Waals surface area contributed by atoms with Crippen LogP contribution < -0.4 is 5.32 Å². The lowest BCUT2D eigenvalue weighted by Crippen LogP contribution is -2.48. The van der Waals surface area contributed by atoms with Gasteiger partial charge in [0.2, 0.25) is 0 Å². The van der Waals surface area contributed by atoms with Gasteiger partial charge >= 0.3 is 12.2 Å². The van der Waals surface area contributed by atoms with Crippen molar-refractivity contribution in [2.75, 3.05) is 13.1 Å². The molecule has 13 nitrogen and oxygen atoms in total. The molecular formula is C31H32N4O9S. The van der Waals surface area contributed by atoms with E-state index in [2.05, 4.69) is 5.32 Å². The Labute approximate surface area is 263 Å². The molecule has 0 radical (unpaired) electrons. The molecule has 1 fully saturated rings. The molecule has 0 saturated carbocycles. The average Bonchev–Trinajstić information content (AvgIpc) is 3.43. The van der Waals surface area contributed by atoms with E-state index in [0.29, 0.717) is 24.1 Å². The Bertz CT molecular complexity index is 1450. The molecule has 1 heterocycles. The molecule has 14 heteroatoms. The van der Waals surface area contributed by atoms with Gasteiger partial charge in [0, 0.05) is 43.8 Å². The number of aryl methyl sites for hydroxylation is 1. The van der Waals surface area contributed by atoms with E-state index >= 15 is 0 Å². The number of nitro benzene ring substituents is 2. The lowest BCUT2D eigenvalue weighted by atomic mass is 9.99. The van der Waals surface area contributed by atoms with Crippen LogP contribution in [0.3, 0.4) is 0 Å². The summed E-state index contributed by atoms with van der Waals surface area (Å²) in [6, 6.07) is 20.8. The third kappa shape index (κ3) is 9.58. The van der Waals surface area contributed by atoms with Crippen molar-refractivity contribution in [3.8, 4) is 0 Å². The quantitative estimate of drug-likeness (QED) is 0.188. The van der Waals surface area contributed by atoms with Crippen LogP contribution in [-0.4, -0.2) is 55.9 Å². The van der Waals surface area contributed by atoms with Gasteiger partial charge in [0.1, 0.15) is 13.2 Å². The lowest BCUT2D eigenvalue weighted by Gasteiger charge is -2.31. The monoisotopic (exact) mass is 636 g/mol. The summed E-state index contributed by atoms with van der Waals surface area (Å²) in [5.41, 5.74) is 1.84. The Balaban J connectivity index is 1.49. The average molecular weight is 637 g/mol. The molecule has 0 bridgehead atoms. The predicted molar refractivity (Wildman–Crippen MR) is 165 cm³/mol. The minimum atomic E-state index is -1.02. The van der Waals surface area contributed by atoms with Gasteiger partial charge in [-0.15, -0.1) is 0 Å². The molecule has 236 valence electrons. The lowest BCUT2D eigenvalue weighted by molar-refractivity contribution is -0.385. The summed E-state index contributed by atoms with van der Waals surface area (Å²) >= 11 is 1.05. The van der Waals surface area contributed by atoms with Crippen molar-refractivity contribution in [2.24, 2.45) is 0 Å². The molecule has 4 rings (SSSR count). The number of benzene rings is 3. The van der Waals surface area contributed by atoms with Gasteiger partial charge in [-0.25, -0.2) is 14.5 Å². The topological polar surface area (TPSA) is 171 Å². The van der Waals surface area contributed by atoms with Crippen molar-refractivity contribution in [3.05, 3.63) is 116 Å². The van der Waals surface area contributed by atoms with Crippen LogP contribution in [0.25, 0.3) is 0 Å². The highest BCUT2D eigenvalue weighted by molar-refractivity contribution is 8.14. The minimum absolute atomic E-state index is 0.0196. The van der Waals surface area contributed by atoms with Gasteiger partial charge in [-0.2, -0.15) is 0 Å². The normalized spacial score (nSPS) is 17.3. The molecule has 0 aliphatic carbocycles. The molecular weight excluding hydrogens is 604 g/mol. The smallest absolute Gasteiger partial charge is 0.419 e. The zero-order chi connectivity index (χ0) is 32.4. The fraction of sp³-hybridized carbons (Fsp3) is 0.323. The molecule has 0 unspecified atom stereocenters. The van der Waals surface area contributed by atoms with Crippen molar-refractivity contribution in [1.29, 1.82) is 0 Å². The number of carbonyl (C=O) groups excluding carboxylic acids is 3. The van der Waals surface area contributed by atoms with E-state index < -0.39 is 26.8 Å². The summed E-state index contributed by atoms with van der Waals surface area (Å²) in [6.45, 7) is 1.04. The molecule has 1 saturated heterocycles. The second-order valence-corrected chi connectivity index (χ2v) is 12.3. The Hall–Kier alpha value is -4.82. The fourth-order valence-corrected chi connectivity index (χ4v) is 6.26. The number of thioether (sulfide) groups is 1. The number of non-ortho nitro benzene ring substituents is 2. The summed E-state index contributed by atoms with van der Waals surface area (Å²) in [7, 11) is 0. The molecule has 3 aromatic carbocycles. The number of nitrogens with one attached hydrogen (secondary N) is 1. The fourth-order valence-electron chi connectivity index (χ4n) is 5.01. The number of nitrogens with zero attached hydrogens (tertiary/aromatic N) is 3. The highest BCUT2D eigenvalue weighted by atomic mass is 32.2. The van der Waals surface area contributed by atoms with Crippen LogP contribution in [0.15, 0.2) is 78.9 Å². The number of imide groups is 1. The number of ether oxygens (including phenoxy) is 2. The van der Waals surface area contributed by atoms with Gasteiger partial charge in [-0.05, 0) is 60.2 Å². The number of nitro groups is 2. The minimum Gasteiger partial charge on any atom is -0.444 e. The van der Waals surface area contributed by atoms with E-state index in [-0.39, 0.29) is 42.3 Å². The maximum absolute atomic E-state index is 13.4. The molecule has 45 heavy (non-hydrogen) atoms. The summed E-state index contributed by atoms with van der Waals surface area (Å²) < 4.78 is 9.99. The Morgan fingerprint density at radius 1 is 0.844 bits per heavy atom. The van der Waals surface area contributed by atoms with Crippen LogP contribution in [0.5, 0.6) is 0 Å². The van der Waals surface area contributed by atoms with Crippen LogP contribution in [0.2, 0.25) is 0 Å². The maximum atomic E-state index is 13.4. The van der Waals surface area contributed by atoms with Gasteiger partial charge in [-0.1, -0.05) is 42.1 Å². The first-order chi connectivity index (χ1) is 21.5. The molecule has 2 atom stereocenters. The zero-order valence-corrected chi connectivity index (χ0v) is 25.3.